The molecule has 0 aliphatic heterocycles. The third kappa shape index (κ3) is 11.1. The molecule has 0 fully saturated rings. The summed E-state index contributed by atoms with van der Waals surface area (Å²) in [4.78, 5) is 0. The van der Waals surface area contributed by atoms with Crippen LogP contribution in [0.25, 0.3) is 0 Å². The summed E-state index contributed by atoms with van der Waals surface area (Å²) >= 11 is 0. The Morgan fingerprint density at radius 1 is 1.50 bits per heavy atom. The maximum absolute atomic E-state index is 11.0. The third-order valence-electron chi connectivity index (χ3n) is 1.36. The Balaban J connectivity index is 0. The Morgan fingerprint density at radius 2 is 2.14 bits per heavy atom. The van der Waals surface area contributed by atoms with Gasteiger partial charge in [-0.2, -0.15) is 0 Å². The number of nitrogens with two attached hydrogens (primary N) is 2. The van der Waals surface area contributed by atoms with Crippen molar-refractivity contribution in [3.63, 3.8) is 0 Å². The monoisotopic (exact) mass is 234 g/mol. The van der Waals surface area contributed by atoms with Crippen LogP contribution in [0.1, 0.15) is 26.2 Å². The summed E-state index contributed by atoms with van der Waals surface area (Å²) in [5.74, 6) is 0. The van der Waals surface area contributed by atoms with Crippen LogP contribution in [-0.2, 0) is 13.6 Å². The minimum atomic E-state index is -2.40. The summed E-state index contributed by atoms with van der Waals surface area (Å²) in [6.07, 6.45) is 1.68. The normalized spacial score (nSPS) is 14.5. The van der Waals surface area contributed by atoms with Crippen molar-refractivity contribution >= 4 is 37.8 Å². The molecule has 2 unspecified atom stereocenters. The second-order valence-electron chi connectivity index (χ2n) is 2.69. The molecule has 2 atom stereocenters. The van der Waals surface area contributed by atoms with Crippen molar-refractivity contribution in [3.05, 3.63) is 0 Å². The summed E-state index contributed by atoms with van der Waals surface area (Å²) in [5, 5.41) is 0. The van der Waals surface area contributed by atoms with Gasteiger partial charge in [0.05, 0.1) is 6.61 Å². The van der Waals surface area contributed by atoms with Crippen LogP contribution in [0.2, 0.25) is 0 Å². The van der Waals surface area contributed by atoms with Gasteiger partial charge in [0.25, 0.3) is 0 Å². The first kappa shape index (κ1) is 17.5. The molecule has 0 aromatic carbocycles. The Bertz CT molecular complexity index is 151. The van der Waals surface area contributed by atoms with E-state index in [2.05, 4.69) is 0 Å². The second-order valence-corrected chi connectivity index (χ2v) is 3.71. The van der Waals surface area contributed by atoms with Gasteiger partial charge in [0.2, 0.25) is 0 Å². The first-order valence-corrected chi connectivity index (χ1v) is 5.72. The Hall–Kier alpha value is 1.07. The molecule has 0 aliphatic carbocycles. The second kappa shape index (κ2) is 12.1. The van der Waals surface area contributed by atoms with Crippen molar-refractivity contribution in [3.8, 4) is 0 Å². The van der Waals surface area contributed by atoms with E-state index in [4.69, 9.17) is 20.5 Å². The maximum atomic E-state index is 11.0. The summed E-state index contributed by atoms with van der Waals surface area (Å²) in [5.41, 5.74) is 10.8. The van der Waals surface area contributed by atoms with E-state index in [-0.39, 0.29) is 29.6 Å². The molecule has 82 valence electrons. The van der Waals surface area contributed by atoms with E-state index in [0.717, 1.165) is 12.8 Å². The third-order valence-corrected chi connectivity index (χ3v) is 2.30. The van der Waals surface area contributed by atoms with E-state index in [1.807, 2.05) is 6.92 Å². The number of rotatable bonds is 8. The van der Waals surface area contributed by atoms with Gasteiger partial charge in [-0.3, -0.25) is 9.09 Å². The standard InChI is InChI=1S/C7H19N2O3P.Na.H/c1-2-6-11-13(10)12-7(9)4-3-5-8;;/h7,13H,2-6,8-9H2,1H3;;. The topological polar surface area (TPSA) is 87.6 Å². The Kier molecular flexibility index (Phi) is 15.1. The van der Waals surface area contributed by atoms with Crippen molar-refractivity contribution in [1.82, 2.24) is 0 Å². The van der Waals surface area contributed by atoms with Gasteiger partial charge >= 0.3 is 37.8 Å². The minimum absolute atomic E-state index is 0. The molecule has 5 nitrogen and oxygen atoms in total. The first-order valence-electron chi connectivity index (χ1n) is 4.49. The molecule has 0 aromatic rings. The van der Waals surface area contributed by atoms with E-state index in [1.54, 1.807) is 0 Å². The van der Waals surface area contributed by atoms with E-state index < -0.39 is 14.5 Å². The average Bonchev–Trinajstić information content (AvgIpc) is 2.11. The Morgan fingerprint density at radius 3 is 2.64 bits per heavy atom. The number of hydrogen-bond acceptors (Lipinski definition) is 5. The van der Waals surface area contributed by atoms with Crippen LogP contribution in [0.3, 0.4) is 0 Å². The predicted molar refractivity (Wildman–Crippen MR) is 59.7 cm³/mol. The zero-order valence-corrected chi connectivity index (χ0v) is 8.99. The molecular formula is C7H20N2NaO3P. The Labute approximate surface area is 108 Å². The van der Waals surface area contributed by atoms with Crippen LogP contribution in [0, 0.1) is 0 Å². The van der Waals surface area contributed by atoms with Gasteiger partial charge in [-0.1, -0.05) is 6.92 Å². The summed E-state index contributed by atoms with van der Waals surface area (Å²) in [7, 11) is -2.40. The summed E-state index contributed by atoms with van der Waals surface area (Å²) in [6, 6.07) is 0. The molecule has 0 heterocycles. The van der Waals surface area contributed by atoms with Gasteiger partial charge < -0.3 is 16.0 Å². The van der Waals surface area contributed by atoms with E-state index in [0.29, 0.717) is 19.6 Å². The molecule has 0 aliphatic rings. The van der Waals surface area contributed by atoms with Crippen LogP contribution < -0.4 is 11.5 Å². The molecule has 0 aromatic heterocycles. The molecule has 14 heavy (non-hydrogen) atoms. The molecule has 0 rings (SSSR count). The van der Waals surface area contributed by atoms with Crippen LogP contribution in [0.5, 0.6) is 0 Å². The molecule has 0 spiro atoms. The van der Waals surface area contributed by atoms with Crippen molar-refractivity contribution < 1.29 is 13.6 Å². The van der Waals surface area contributed by atoms with E-state index in [9.17, 15) is 4.57 Å². The first-order chi connectivity index (χ1) is 6.20. The van der Waals surface area contributed by atoms with Crippen LogP contribution in [0.4, 0.5) is 0 Å². The molecular weight excluding hydrogens is 214 g/mol. The zero-order chi connectivity index (χ0) is 10.1. The van der Waals surface area contributed by atoms with Crippen LogP contribution >= 0.6 is 8.25 Å². The molecule has 7 heteroatoms. The fourth-order valence-corrected chi connectivity index (χ4v) is 1.52. The average molecular weight is 234 g/mol. The van der Waals surface area contributed by atoms with E-state index in [1.165, 1.54) is 0 Å². The molecule has 4 N–H and O–H groups in total. The molecule has 0 bridgehead atoms. The fourth-order valence-electron chi connectivity index (χ4n) is 0.721. The molecule has 0 saturated carbocycles. The van der Waals surface area contributed by atoms with Crippen molar-refractivity contribution in [1.29, 1.82) is 0 Å². The molecule has 0 saturated heterocycles. The van der Waals surface area contributed by atoms with Crippen LogP contribution in [-0.4, -0.2) is 48.9 Å². The summed E-state index contributed by atoms with van der Waals surface area (Å²) < 4.78 is 20.8. The quantitative estimate of drug-likeness (QED) is 0.356. The van der Waals surface area contributed by atoms with Crippen molar-refractivity contribution in [2.75, 3.05) is 13.2 Å². The van der Waals surface area contributed by atoms with Gasteiger partial charge in [-0.25, -0.2) is 0 Å². The van der Waals surface area contributed by atoms with Gasteiger partial charge in [-0.15, -0.1) is 0 Å². The van der Waals surface area contributed by atoms with Crippen LogP contribution in [0.15, 0.2) is 0 Å². The molecule has 0 radical (unpaired) electrons. The SMILES string of the molecule is CCCO[PH](=O)OC(N)CCCN.[NaH]. The van der Waals surface area contributed by atoms with Crippen molar-refractivity contribution in [2.45, 2.75) is 32.4 Å². The molecule has 0 amide bonds. The zero-order valence-electron chi connectivity index (χ0n) is 7.99. The van der Waals surface area contributed by atoms with Crippen molar-refractivity contribution in [2.24, 2.45) is 11.5 Å². The summed E-state index contributed by atoms with van der Waals surface area (Å²) in [6.45, 7) is 2.94. The fraction of sp³-hybridized carbons (Fsp3) is 1.00. The van der Waals surface area contributed by atoms with Gasteiger partial charge in [0.1, 0.15) is 6.23 Å². The van der Waals surface area contributed by atoms with Gasteiger partial charge in [0, 0.05) is 0 Å². The van der Waals surface area contributed by atoms with E-state index >= 15 is 0 Å². The van der Waals surface area contributed by atoms with Gasteiger partial charge in [-0.05, 0) is 25.8 Å². The van der Waals surface area contributed by atoms with Gasteiger partial charge in [0.15, 0.2) is 0 Å². The predicted octanol–water partition coefficient (Wildman–Crippen LogP) is 0.194. The number of hydrogen-bond donors (Lipinski definition) is 2.